The summed E-state index contributed by atoms with van der Waals surface area (Å²) in [5.74, 6) is -0.170. The van der Waals surface area contributed by atoms with Crippen LogP contribution in [-0.2, 0) is 4.79 Å². The maximum atomic E-state index is 12.1. The number of rotatable bonds is 7. The number of carbonyl (C=O) groups is 1. The van der Waals surface area contributed by atoms with E-state index in [4.69, 9.17) is 27.9 Å². The minimum Gasteiger partial charge on any atom is -0.482 e. The van der Waals surface area contributed by atoms with Crippen LogP contribution in [0, 0.1) is 10.1 Å². The molecule has 2 aromatic rings. The molecule has 0 atom stereocenters. The van der Waals surface area contributed by atoms with Crippen molar-refractivity contribution in [2.75, 3.05) is 24.6 Å². The first kappa shape index (κ1) is 22.8. The van der Waals surface area contributed by atoms with Crippen molar-refractivity contribution in [3.05, 3.63) is 62.1 Å². The van der Waals surface area contributed by atoms with Crippen LogP contribution in [0.3, 0.4) is 0 Å². The molecule has 1 amide bonds. The number of hydrogen-bond donors (Lipinski definition) is 1. The molecule has 0 aromatic heterocycles. The summed E-state index contributed by atoms with van der Waals surface area (Å²) < 4.78 is 5.37. The number of carbonyl (C=O) groups excluding carboxylic acids is 1. The summed E-state index contributed by atoms with van der Waals surface area (Å²) in [6.45, 7) is 1.45. The first-order valence-electron chi connectivity index (χ1n) is 9.87. The third-order valence-corrected chi connectivity index (χ3v) is 5.34. The first-order chi connectivity index (χ1) is 14.9. The number of hydrogen-bond acceptors (Lipinski definition) is 6. The van der Waals surface area contributed by atoms with Crippen molar-refractivity contribution in [2.45, 2.75) is 25.7 Å². The second-order valence-corrected chi connectivity index (χ2v) is 7.90. The van der Waals surface area contributed by atoms with E-state index in [0.717, 1.165) is 31.6 Å². The van der Waals surface area contributed by atoms with E-state index in [9.17, 15) is 14.9 Å². The third kappa shape index (κ3) is 6.57. The van der Waals surface area contributed by atoms with E-state index in [1.165, 1.54) is 37.3 Å². The Morgan fingerprint density at radius 1 is 1.16 bits per heavy atom. The molecule has 164 valence electrons. The number of hydrazone groups is 1. The number of halogens is 2. The quantitative estimate of drug-likeness (QED) is 0.360. The number of anilines is 1. The summed E-state index contributed by atoms with van der Waals surface area (Å²) in [7, 11) is 0. The fraction of sp³-hybridized carbons (Fsp3) is 0.333. The molecule has 1 aliphatic heterocycles. The average molecular weight is 465 g/mol. The van der Waals surface area contributed by atoms with E-state index < -0.39 is 10.8 Å². The first-order valence-corrected chi connectivity index (χ1v) is 10.6. The number of nitro benzene ring substituents is 1. The van der Waals surface area contributed by atoms with Crippen LogP contribution in [0.5, 0.6) is 5.75 Å². The van der Waals surface area contributed by atoms with Crippen LogP contribution in [-0.4, -0.2) is 36.7 Å². The summed E-state index contributed by atoms with van der Waals surface area (Å²) in [4.78, 5) is 25.0. The predicted octanol–water partition coefficient (Wildman–Crippen LogP) is 4.81. The van der Waals surface area contributed by atoms with Crippen molar-refractivity contribution < 1.29 is 14.5 Å². The standard InChI is InChI=1S/C21H22Cl2N4O4/c22-16-5-8-20(18(23)12-16)31-14-21(28)25-24-13-15-11-17(27(29)30)6-7-19(15)26-9-3-1-2-4-10-26/h5-8,11-13H,1-4,9-10,14H2,(H,25,28)/b24-13+. The molecule has 8 nitrogen and oxygen atoms in total. The number of nitrogens with zero attached hydrogens (tertiary/aromatic N) is 3. The number of amides is 1. The van der Waals surface area contributed by atoms with E-state index in [-0.39, 0.29) is 12.3 Å². The Labute approximate surface area is 189 Å². The molecule has 0 saturated carbocycles. The third-order valence-electron chi connectivity index (χ3n) is 4.81. The van der Waals surface area contributed by atoms with Gasteiger partial charge in [-0.05, 0) is 37.1 Å². The van der Waals surface area contributed by atoms with Crippen molar-refractivity contribution in [1.29, 1.82) is 0 Å². The molecule has 3 rings (SSSR count). The number of ether oxygens (including phenoxy) is 1. The van der Waals surface area contributed by atoms with Crippen LogP contribution < -0.4 is 15.1 Å². The molecule has 1 saturated heterocycles. The topological polar surface area (TPSA) is 97.1 Å². The van der Waals surface area contributed by atoms with Gasteiger partial charge < -0.3 is 9.64 Å². The average Bonchev–Trinajstić information content (AvgIpc) is 3.02. The van der Waals surface area contributed by atoms with Crippen molar-refractivity contribution in [3.8, 4) is 5.75 Å². The fourth-order valence-corrected chi connectivity index (χ4v) is 3.76. The minimum atomic E-state index is -0.496. The lowest BCUT2D eigenvalue weighted by molar-refractivity contribution is -0.384. The summed E-state index contributed by atoms with van der Waals surface area (Å²) in [5, 5.41) is 15.9. The minimum absolute atomic E-state index is 0.0351. The lowest BCUT2D eigenvalue weighted by Gasteiger charge is -2.24. The predicted molar refractivity (Wildman–Crippen MR) is 121 cm³/mol. The molecular formula is C21H22Cl2N4O4. The molecule has 0 radical (unpaired) electrons. The zero-order valence-corrected chi connectivity index (χ0v) is 18.2. The largest absolute Gasteiger partial charge is 0.482 e. The second kappa shape index (κ2) is 11.0. The van der Waals surface area contributed by atoms with E-state index in [1.54, 1.807) is 18.2 Å². The zero-order chi connectivity index (χ0) is 22.2. The highest BCUT2D eigenvalue weighted by Crippen LogP contribution is 2.28. The highest BCUT2D eigenvalue weighted by atomic mass is 35.5. The van der Waals surface area contributed by atoms with E-state index in [1.807, 2.05) is 0 Å². The van der Waals surface area contributed by atoms with Gasteiger partial charge in [0.1, 0.15) is 5.75 Å². The molecule has 1 fully saturated rings. The SMILES string of the molecule is O=C(COc1ccc(Cl)cc1Cl)N/N=C/c1cc([N+](=O)[O-])ccc1N1CCCCCC1. The highest BCUT2D eigenvalue weighted by Gasteiger charge is 2.16. The molecule has 31 heavy (non-hydrogen) atoms. The van der Waals surface area contributed by atoms with Crippen LogP contribution in [0.4, 0.5) is 11.4 Å². The van der Waals surface area contributed by atoms with E-state index >= 15 is 0 Å². The van der Waals surface area contributed by atoms with Gasteiger partial charge in [-0.3, -0.25) is 14.9 Å². The number of non-ortho nitro benzene ring substituents is 1. The lowest BCUT2D eigenvalue weighted by atomic mass is 10.1. The maximum absolute atomic E-state index is 12.1. The molecular weight excluding hydrogens is 443 g/mol. The van der Waals surface area contributed by atoms with Crippen molar-refractivity contribution in [3.63, 3.8) is 0 Å². The van der Waals surface area contributed by atoms with Gasteiger partial charge in [0.15, 0.2) is 6.61 Å². The monoisotopic (exact) mass is 464 g/mol. The van der Waals surface area contributed by atoms with Crippen LogP contribution in [0.2, 0.25) is 10.0 Å². The molecule has 2 aromatic carbocycles. The molecule has 1 N–H and O–H groups in total. The van der Waals surface area contributed by atoms with Crippen molar-refractivity contribution in [1.82, 2.24) is 5.43 Å². The Kier molecular flexibility index (Phi) is 8.08. The molecule has 0 spiro atoms. The lowest BCUT2D eigenvalue weighted by Crippen LogP contribution is -2.26. The molecule has 10 heteroatoms. The van der Waals surface area contributed by atoms with Gasteiger partial charge in [0.25, 0.3) is 11.6 Å². The van der Waals surface area contributed by atoms with Crippen LogP contribution >= 0.6 is 23.2 Å². The number of nitro groups is 1. The Morgan fingerprint density at radius 3 is 2.58 bits per heavy atom. The van der Waals surface area contributed by atoms with Crippen molar-refractivity contribution in [2.24, 2.45) is 5.10 Å². The van der Waals surface area contributed by atoms with Gasteiger partial charge >= 0.3 is 0 Å². The van der Waals surface area contributed by atoms with Gasteiger partial charge in [0, 0.05) is 41.5 Å². The van der Waals surface area contributed by atoms with Gasteiger partial charge in [-0.25, -0.2) is 5.43 Å². The van der Waals surface area contributed by atoms with Gasteiger partial charge in [-0.2, -0.15) is 5.10 Å². The summed E-state index contributed by atoms with van der Waals surface area (Å²) in [5.41, 5.74) is 3.76. The van der Waals surface area contributed by atoms with E-state index in [2.05, 4.69) is 15.4 Å². The molecule has 0 aliphatic carbocycles. The fourth-order valence-electron chi connectivity index (χ4n) is 3.30. The van der Waals surface area contributed by atoms with Gasteiger partial charge in [-0.1, -0.05) is 36.0 Å². The smallest absolute Gasteiger partial charge is 0.277 e. The zero-order valence-electron chi connectivity index (χ0n) is 16.7. The van der Waals surface area contributed by atoms with Crippen molar-refractivity contribution >= 4 is 46.7 Å². The van der Waals surface area contributed by atoms with E-state index in [0.29, 0.717) is 21.4 Å². The molecule has 1 heterocycles. The van der Waals surface area contributed by atoms with Gasteiger partial charge in [-0.15, -0.1) is 0 Å². The van der Waals surface area contributed by atoms with Gasteiger partial charge in [0.2, 0.25) is 0 Å². The van der Waals surface area contributed by atoms with Gasteiger partial charge in [0.05, 0.1) is 16.2 Å². The van der Waals surface area contributed by atoms with Crippen LogP contribution in [0.1, 0.15) is 31.2 Å². The van der Waals surface area contributed by atoms with Crippen LogP contribution in [0.15, 0.2) is 41.5 Å². The Hall–Kier alpha value is -2.84. The molecule has 0 bridgehead atoms. The Morgan fingerprint density at radius 2 is 1.90 bits per heavy atom. The molecule has 0 unspecified atom stereocenters. The Bertz CT molecular complexity index is 976. The van der Waals surface area contributed by atoms with Crippen LogP contribution in [0.25, 0.3) is 0 Å². The molecule has 1 aliphatic rings. The summed E-state index contributed by atoms with van der Waals surface area (Å²) in [6, 6.07) is 9.36. The maximum Gasteiger partial charge on any atom is 0.277 e. The second-order valence-electron chi connectivity index (χ2n) is 7.06. The summed E-state index contributed by atoms with van der Waals surface area (Å²) in [6.07, 6.45) is 5.88. The Balaban J connectivity index is 1.67. The number of nitrogens with one attached hydrogen (secondary N) is 1. The normalized spacial score (nSPS) is 14.3. The summed E-state index contributed by atoms with van der Waals surface area (Å²) >= 11 is 11.8. The number of benzene rings is 2. The highest BCUT2D eigenvalue weighted by molar-refractivity contribution is 6.35.